The lowest BCUT2D eigenvalue weighted by molar-refractivity contribution is 0.629. The van der Waals surface area contributed by atoms with Crippen LogP contribution in [-0.2, 0) is 12.8 Å². The molecule has 0 amide bonds. The molecule has 8 heteroatoms. The second kappa shape index (κ2) is 10.3. The number of fused-ring (bicyclic) bond motifs is 1. The van der Waals surface area contributed by atoms with Crippen molar-refractivity contribution in [1.82, 2.24) is 29.5 Å². The highest BCUT2D eigenvalue weighted by Crippen LogP contribution is 2.39. The summed E-state index contributed by atoms with van der Waals surface area (Å²) in [5.74, 6) is 0.999. The molecule has 0 atom stereocenters. The number of nitrogens with zero attached hydrogens (tertiary/aromatic N) is 6. The molecule has 0 bridgehead atoms. The highest BCUT2D eigenvalue weighted by molar-refractivity contribution is 7.29. The SMILES string of the molecule is CC(C)Cc1nn(-c2ccccc2)cc1-c1nc2sc(-c3cn(-c4ccccc4)nc3CC(C)C)nc2s1. The number of para-hydroxylation sites is 2. The first kappa shape index (κ1) is 24.7. The van der Waals surface area contributed by atoms with Crippen molar-refractivity contribution in [2.75, 3.05) is 0 Å². The molecule has 0 radical (unpaired) electrons. The number of benzene rings is 2. The van der Waals surface area contributed by atoms with Gasteiger partial charge in [-0.2, -0.15) is 10.2 Å². The maximum Gasteiger partial charge on any atom is 0.155 e. The number of rotatable bonds is 8. The molecule has 192 valence electrons. The lowest BCUT2D eigenvalue weighted by atomic mass is 10.1. The summed E-state index contributed by atoms with van der Waals surface area (Å²) in [6.45, 7) is 8.90. The van der Waals surface area contributed by atoms with Crippen LogP contribution < -0.4 is 0 Å². The molecule has 6 aromatic rings. The van der Waals surface area contributed by atoms with Crippen molar-refractivity contribution in [1.29, 1.82) is 0 Å². The number of thiazole rings is 2. The molecule has 2 aromatic carbocycles. The van der Waals surface area contributed by atoms with E-state index >= 15 is 0 Å². The number of hydrogen-bond donors (Lipinski definition) is 0. The van der Waals surface area contributed by atoms with Crippen molar-refractivity contribution in [3.8, 4) is 32.5 Å². The van der Waals surface area contributed by atoms with Gasteiger partial charge >= 0.3 is 0 Å². The third-order valence-electron chi connectivity index (χ3n) is 6.26. The Hall–Kier alpha value is -3.62. The van der Waals surface area contributed by atoms with Gasteiger partial charge in [-0.15, -0.1) is 0 Å². The molecule has 0 saturated carbocycles. The molecule has 38 heavy (non-hydrogen) atoms. The van der Waals surface area contributed by atoms with Crippen molar-refractivity contribution in [3.63, 3.8) is 0 Å². The van der Waals surface area contributed by atoms with Crippen LogP contribution in [0.3, 0.4) is 0 Å². The Bertz CT molecular complexity index is 1520. The fourth-order valence-corrected chi connectivity index (χ4v) is 6.66. The van der Waals surface area contributed by atoms with Crippen LogP contribution in [0.2, 0.25) is 0 Å². The zero-order valence-electron chi connectivity index (χ0n) is 22.0. The Morgan fingerprint density at radius 3 is 1.37 bits per heavy atom. The van der Waals surface area contributed by atoms with Gasteiger partial charge in [-0.3, -0.25) is 0 Å². The van der Waals surface area contributed by atoms with Gasteiger partial charge in [-0.25, -0.2) is 19.3 Å². The van der Waals surface area contributed by atoms with Gasteiger partial charge in [0.15, 0.2) is 9.66 Å². The van der Waals surface area contributed by atoms with E-state index in [0.29, 0.717) is 11.8 Å². The predicted molar refractivity (Wildman–Crippen MR) is 157 cm³/mol. The van der Waals surface area contributed by atoms with Crippen molar-refractivity contribution < 1.29 is 0 Å². The molecule has 0 fully saturated rings. The summed E-state index contributed by atoms with van der Waals surface area (Å²) >= 11 is 3.29. The zero-order valence-corrected chi connectivity index (χ0v) is 23.6. The van der Waals surface area contributed by atoms with E-state index in [1.54, 1.807) is 22.7 Å². The minimum Gasteiger partial charge on any atom is -0.240 e. The first-order chi connectivity index (χ1) is 18.4. The maximum absolute atomic E-state index is 5.05. The second-order valence-corrected chi connectivity index (χ2v) is 12.3. The van der Waals surface area contributed by atoms with E-state index in [1.165, 1.54) is 0 Å². The van der Waals surface area contributed by atoms with Crippen LogP contribution in [0.1, 0.15) is 39.1 Å². The van der Waals surface area contributed by atoms with Crippen molar-refractivity contribution in [2.24, 2.45) is 11.8 Å². The van der Waals surface area contributed by atoms with E-state index in [4.69, 9.17) is 20.2 Å². The smallest absolute Gasteiger partial charge is 0.155 e. The molecule has 6 rings (SSSR count). The van der Waals surface area contributed by atoms with Gasteiger partial charge in [0.05, 0.1) is 33.9 Å². The molecule has 0 N–H and O–H groups in total. The third kappa shape index (κ3) is 4.93. The Morgan fingerprint density at radius 1 is 0.605 bits per heavy atom. The van der Waals surface area contributed by atoms with Gasteiger partial charge in [0.1, 0.15) is 10.0 Å². The lowest BCUT2D eigenvalue weighted by Crippen LogP contribution is -1.99. The highest BCUT2D eigenvalue weighted by atomic mass is 32.1. The van der Waals surface area contributed by atoms with Gasteiger partial charge in [-0.05, 0) is 48.9 Å². The summed E-state index contributed by atoms with van der Waals surface area (Å²) in [6, 6.07) is 20.5. The van der Waals surface area contributed by atoms with E-state index < -0.39 is 0 Å². The van der Waals surface area contributed by atoms with E-state index in [-0.39, 0.29) is 0 Å². The average molecular weight is 539 g/mol. The largest absolute Gasteiger partial charge is 0.240 e. The Labute approximate surface area is 230 Å². The van der Waals surface area contributed by atoms with E-state index in [0.717, 1.165) is 66.4 Å². The Morgan fingerprint density at radius 2 is 1.00 bits per heavy atom. The Balaban J connectivity index is 1.38. The normalized spacial score (nSPS) is 11.8. The van der Waals surface area contributed by atoms with Crippen molar-refractivity contribution in [3.05, 3.63) is 84.4 Å². The van der Waals surface area contributed by atoms with Crippen LogP contribution in [-0.4, -0.2) is 29.5 Å². The van der Waals surface area contributed by atoms with Crippen LogP contribution in [0, 0.1) is 11.8 Å². The highest BCUT2D eigenvalue weighted by Gasteiger charge is 2.21. The summed E-state index contributed by atoms with van der Waals surface area (Å²) in [5, 5.41) is 11.8. The Kier molecular flexibility index (Phi) is 6.68. The molecule has 6 nitrogen and oxygen atoms in total. The third-order valence-corrected chi connectivity index (χ3v) is 8.36. The van der Waals surface area contributed by atoms with Gasteiger partial charge < -0.3 is 0 Å². The average Bonchev–Trinajstić information content (AvgIpc) is 3.66. The second-order valence-electron chi connectivity index (χ2n) is 10.4. The molecule has 4 aromatic heterocycles. The maximum atomic E-state index is 5.05. The summed E-state index contributed by atoms with van der Waals surface area (Å²) < 4.78 is 3.94. The minimum absolute atomic E-state index is 0.499. The molecular weight excluding hydrogens is 509 g/mol. The molecule has 0 unspecified atom stereocenters. The molecule has 0 aliphatic heterocycles. The quantitative estimate of drug-likeness (QED) is 0.198. The predicted octanol–water partition coefficient (Wildman–Crippen LogP) is 7.86. The molecule has 0 aliphatic rings. The molecule has 4 heterocycles. The van der Waals surface area contributed by atoms with Gasteiger partial charge in [0.25, 0.3) is 0 Å². The summed E-state index contributed by atoms with van der Waals surface area (Å²) in [5.41, 5.74) is 6.45. The first-order valence-corrected chi connectivity index (χ1v) is 14.6. The molecule has 0 aliphatic carbocycles. The van der Waals surface area contributed by atoms with Gasteiger partial charge in [-0.1, -0.05) is 86.8 Å². The van der Waals surface area contributed by atoms with E-state index in [2.05, 4.69) is 64.4 Å². The summed E-state index contributed by atoms with van der Waals surface area (Å²) in [4.78, 5) is 12.0. The fraction of sp³-hybridized carbons (Fsp3) is 0.267. The van der Waals surface area contributed by atoms with E-state index in [1.807, 2.05) is 45.8 Å². The summed E-state index contributed by atoms with van der Waals surface area (Å²) in [7, 11) is 0. The van der Waals surface area contributed by atoms with Crippen LogP contribution in [0.15, 0.2) is 73.1 Å². The van der Waals surface area contributed by atoms with E-state index in [9.17, 15) is 0 Å². The van der Waals surface area contributed by atoms with Crippen LogP contribution in [0.25, 0.3) is 42.2 Å². The molecular formula is C30H30N6S2. The van der Waals surface area contributed by atoms with Crippen molar-refractivity contribution in [2.45, 2.75) is 40.5 Å². The monoisotopic (exact) mass is 538 g/mol. The van der Waals surface area contributed by atoms with Gasteiger partial charge in [0, 0.05) is 12.4 Å². The van der Waals surface area contributed by atoms with Gasteiger partial charge in [0.2, 0.25) is 0 Å². The lowest BCUT2D eigenvalue weighted by Gasteiger charge is -2.03. The number of hydrogen-bond acceptors (Lipinski definition) is 6. The molecule has 0 saturated heterocycles. The van der Waals surface area contributed by atoms with Crippen molar-refractivity contribution >= 4 is 32.3 Å². The number of aromatic nitrogens is 6. The molecule has 0 spiro atoms. The summed E-state index contributed by atoms with van der Waals surface area (Å²) in [6.07, 6.45) is 6.03. The van der Waals surface area contributed by atoms with Crippen LogP contribution >= 0.6 is 22.7 Å². The fourth-order valence-electron chi connectivity index (χ4n) is 4.55. The topological polar surface area (TPSA) is 61.4 Å². The minimum atomic E-state index is 0.499. The zero-order chi connectivity index (χ0) is 26.2. The van der Waals surface area contributed by atoms with Crippen LogP contribution in [0.4, 0.5) is 0 Å². The van der Waals surface area contributed by atoms with Crippen LogP contribution in [0.5, 0.6) is 0 Å². The first-order valence-electron chi connectivity index (χ1n) is 13.0. The standard InChI is InChI=1S/C30H30N6S2/c1-19(2)15-25-23(17-35(33-25)21-11-7-5-8-12-21)27-31-29-30(37-27)32-28(38-29)24-18-36(22-13-9-6-10-14-22)34-26(24)16-20(3)4/h5-14,17-20H,15-16H2,1-4H3.